The van der Waals surface area contributed by atoms with Crippen molar-refractivity contribution in [3.8, 4) is 0 Å². The van der Waals surface area contributed by atoms with Gasteiger partial charge in [-0.25, -0.2) is 8.42 Å². The van der Waals surface area contributed by atoms with E-state index in [1.807, 2.05) is 0 Å². The summed E-state index contributed by atoms with van der Waals surface area (Å²) in [6.45, 7) is 0. The van der Waals surface area contributed by atoms with Crippen LogP contribution in [0.4, 0.5) is 5.69 Å². The highest BCUT2D eigenvalue weighted by Gasteiger charge is 2.39. The molecule has 178 valence electrons. The van der Waals surface area contributed by atoms with Crippen LogP contribution in [0.2, 0.25) is 0 Å². The van der Waals surface area contributed by atoms with Crippen molar-refractivity contribution in [2.45, 2.75) is 22.3 Å². The lowest BCUT2D eigenvalue weighted by Crippen LogP contribution is -2.28. The summed E-state index contributed by atoms with van der Waals surface area (Å²) in [4.78, 5) is 0.180. The second-order valence-electron chi connectivity index (χ2n) is 7.84. The van der Waals surface area contributed by atoms with Crippen LogP contribution in [0.25, 0.3) is 0 Å². The SMILES string of the molecule is O=S(=O)(Nc1ccccc1C1CC(c2ccco2)=NN1S(=O)(=O)c1ccccc1)c1ccccc1. The van der Waals surface area contributed by atoms with Gasteiger partial charge in [0.25, 0.3) is 20.0 Å². The second kappa shape index (κ2) is 9.05. The summed E-state index contributed by atoms with van der Waals surface area (Å²) >= 11 is 0. The van der Waals surface area contributed by atoms with Crippen molar-refractivity contribution in [3.05, 3.63) is 115 Å². The molecule has 0 bridgehead atoms. The molecule has 0 aliphatic carbocycles. The molecule has 0 spiro atoms. The molecule has 5 rings (SSSR count). The van der Waals surface area contributed by atoms with E-state index in [1.165, 1.54) is 30.5 Å². The number of hydrazone groups is 1. The first kappa shape index (κ1) is 22.9. The zero-order valence-electron chi connectivity index (χ0n) is 18.4. The number of benzene rings is 3. The van der Waals surface area contributed by atoms with Gasteiger partial charge in [0.15, 0.2) is 0 Å². The maximum absolute atomic E-state index is 13.6. The maximum Gasteiger partial charge on any atom is 0.279 e. The van der Waals surface area contributed by atoms with Gasteiger partial charge in [-0.3, -0.25) is 4.72 Å². The predicted octanol–water partition coefficient (Wildman–Crippen LogP) is 4.62. The van der Waals surface area contributed by atoms with Crippen molar-refractivity contribution in [1.82, 2.24) is 4.41 Å². The fourth-order valence-electron chi connectivity index (χ4n) is 3.92. The Labute approximate surface area is 203 Å². The van der Waals surface area contributed by atoms with E-state index in [1.54, 1.807) is 72.8 Å². The fourth-order valence-corrected chi connectivity index (χ4v) is 6.47. The van der Waals surface area contributed by atoms with Gasteiger partial charge in [0.1, 0.15) is 11.5 Å². The average Bonchev–Trinajstić information content (AvgIpc) is 3.56. The minimum Gasteiger partial charge on any atom is -0.463 e. The van der Waals surface area contributed by atoms with E-state index >= 15 is 0 Å². The normalized spacial score (nSPS) is 16.2. The first-order valence-corrected chi connectivity index (χ1v) is 13.7. The molecule has 3 aromatic carbocycles. The first-order valence-electron chi connectivity index (χ1n) is 10.7. The third-order valence-corrected chi connectivity index (χ3v) is 8.66. The molecule has 1 aliphatic heterocycles. The minimum atomic E-state index is -4.05. The molecule has 1 atom stereocenters. The van der Waals surface area contributed by atoms with Crippen molar-refractivity contribution in [3.63, 3.8) is 0 Å². The quantitative estimate of drug-likeness (QED) is 0.393. The molecule has 0 amide bonds. The van der Waals surface area contributed by atoms with Crippen LogP contribution in [0.1, 0.15) is 23.8 Å². The summed E-state index contributed by atoms with van der Waals surface area (Å²) < 4.78 is 62.4. The summed E-state index contributed by atoms with van der Waals surface area (Å²) in [6, 6.07) is 25.3. The molecule has 2 heterocycles. The van der Waals surface area contributed by atoms with Gasteiger partial charge in [-0.05, 0) is 42.5 Å². The van der Waals surface area contributed by atoms with Gasteiger partial charge in [-0.2, -0.15) is 17.9 Å². The topological polar surface area (TPSA) is 109 Å². The number of anilines is 1. The van der Waals surface area contributed by atoms with Gasteiger partial charge in [-0.15, -0.1) is 0 Å². The lowest BCUT2D eigenvalue weighted by atomic mass is 10.0. The van der Waals surface area contributed by atoms with E-state index in [0.717, 1.165) is 4.41 Å². The highest BCUT2D eigenvalue weighted by molar-refractivity contribution is 7.92. The number of rotatable bonds is 7. The molecule has 1 aliphatic rings. The molecule has 0 radical (unpaired) electrons. The van der Waals surface area contributed by atoms with Gasteiger partial charge < -0.3 is 4.42 Å². The number of sulfonamides is 2. The standard InChI is InChI=1S/C25H21N3O5S2/c29-34(30,19-10-3-1-4-11-19)27-22-15-8-7-14-21(22)24-18-23(25-16-9-17-33-25)26-28(24)35(31,32)20-12-5-2-6-13-20/h1-17,24,27H,18H2. The van der Waals surface area contributed by atoms with Gasteiger partial charge in [0.2, 0.25) is 0 Å². The summed E-state index contributed by atoms with van der Waals surface area (Å²) in [5.74, 6) is 0.447. The van der Waals surface area contributed by atoms with Crippen molar-refractivity contribution in [2.24, 2.45) is 5.10 Å². The second-order valence-corrected chi connectivity index (χ2v) is 11.3. The molecular formula is C25H21N3O5S2. The number of furan rings is 1. The van der Waals surface area contributed by atoms with Gasteiger partial charge in [0, 0.05) is 12.0 Å². The van der Waals surface area contributed by atoms with Crippen LogP contribution >= 0.6 is 0 Å². The van der Waals surface area contributed by atoms with Crippen LogP contribution < -0.4 is 4.72 Å². The molecule has 1 unspecified atom stereocenters. The maximum atomic E-state index is 13.6. The van der Waals surface area contributed by atoms with Crippen LogP contribution in [0.15, 0.2) is 123 Å². The highest BCUT2D eigenvalue weighted by atomic mass is 32.2. The number of hydrogen-bond acceptors (Lipinski definition) is 6. The van der Waals surface area contributed by atoms with E-state index in [4.69, 9.17) is 4.42 Å². The Morgan fingerprint density at radius 3 is 2.06 bits per heavy atom. The Bertz CT molecular complexity index is 1570. The van der Waals surface area contributed by atoms with Crippen LogP contribution in [0, 0.1) is 0 Å². The molecule has 1 N–H and O–H groups in total. The van der Waals surface area contributed by atoms with Crippen molar-refractivity contribution in [1.29, 1.82) is 0 Å². The zero-order valence-corrected chi connectivity index (χ0v) is 20.0. The monoisotopic (exact) mass is 507 g/mol. The summed E-state index contributed by atoms with van der Waals surface area (Å²) in [6.07, 6.45) is 1.69. The van der Waals surface area contributed by atoms with Crippen LogP contribution in [0.5, 0.6) is 0 Å². The molecule has 8 nitrogen and oxygen atoms in total. The number of nitrogens with one attached hydrogen (secondary N) is 1. The van der Waals surface area contributed by atoms with Crippen molar-refractivity contribution < 1.29 is 21.3 Å². The third-order valence-electron chi connectivity index (χ3n) is 5.58. The Kier molecular flexibility index (Phi) is 5.91. The van der Waals surface area contributed by atoms with Crippen LogP contribution in [-0.2, 0) is 20.0 Å². The van der Waals surface area contributed by atoms with Crippen molar-refractivity contribution >= 4 is 31.4 Å². The number of para-hydroxylation sites is 1. The Hall–Kier alpha value is -3.89. The lowest BCUT2D eigenvalue weighted by Gasteiger charge is -2.25. The summed E-state index contributed by atoms with van der Waals surface area (Å²) in [5, 5.41) is 4.42. The van der Waals surface area contributed by atoms with Crippen LogP contribution in [-0.4, -0.2) is 27.0 Å². The van der Waals surface area contributed by atoms with E-state index in [-0.39, 0.29) is 21.9 Å². The first-order chi connectivity index (χ1) is 16.9. The number of nitrogens with zero attached hydrogens (tertiary/aromatic N) is 2. The highest BCUT2D eigenvalue weighted by Crippen LogP contribution is 2.40. The van der Waals surface area contributed by atoms with Gasteiger partial charge in [-0.1, -0.05) is 54.6 Å². The summed E-state index contributed by atoms with van der Waals surface area (Å²) in [7, 11) is -7.95. The minimum absolute atomic E-state index is 0.0804. The van der Waals surface area contributed by atoms with E-state index in [9.17, 15) is 16.8 Å². The largest absolute Gasteiger partial charge is 0.463 e. The molecular weight excluding hydrogens is 486 g/mol. The number of hydrogen-bond donors (Lipinski definition) is 1. The van der Waals surface area contributed by atoms with E-state index in [0.29, 0.717) is 17.0 Å². The van der Waals surface area contributed by atoms with E-state index < -0.39 is 26.1 Å². The average molecular weight is 508 g/mol. The Morgan fingerprint density at radius 1 is 0.771 bits per heavy atom. The predicted molar refractivity (Wildman–Crippen MR) is 132 cm³/mol. The van der Waals surface area contributed by atoms with Crippen LogP contribution in [0.3, 0.4) is 0 Å². The molecule has 1 aromatic heterocycles. The van der Waals surface area contributed by atoms with E-state index in [2.05, 4.69) is 9.82 Å². The molecule has 4 aromatic rings. The summed E-state index contributed by atoms with van der Waals surface area (Å²) in [5.41, 5.74) is 1.18. The molecule has 10 heteroatoms. The molecule has 0 fully saturated rings. The Balaban J connectivity index is 1.58. The van der Waals surface area contributed by atoms with Gasteiger partial charge >= 0.3 is 0 Å². The lowest BCUT2D eigenvalue weighted by molar-refractivity contribution is 0.372. The third kappa shape index (κ3) is 4.45. The van der Waals surface area contributed by atoms with Crippen molar-refractivity contribution in [2.75, 3.05) is 4.72 Å². The smallest absolute Gasteiger partial charge is 0.279 e. The van der Waals surface area contributed by atoms with Gasteiger partial charge in [0.05, 0.1) is 27.8 Å². The zero-order chi connectivity index (χ0) is 24.5. The molecule has 35 heavy (non-hydrogen) atoms. The molecule has 0 saturated heterocycles. The molecule has 0 saturated carbocycles. The fraction of sp³-hybridized carbons (Fsp3) is 0.0800. The Morgan fingerprint density at radius 2 is 1.40 bits per heavy atom.